The third kappa shape index (κ3) is 4.62. The minimum atomic E-state index is -0.235. The second-order valence-corrected chi connectivity index (χ2v) is 7.81. The number of thiazole rings is 1. The molecule has 4 aromatic rings. The fourth-order valence-electron chi connectivity index (χ4n) is 3.10. The maximum atomic E-state index is 12.8. The molecule has 2 aromatic heterocycles. The van der Waals surface area contributed by atoms with Crippen molar-refractivity contribution in [1.82, 2.24) is 15.0 Å². The number of aromatic nitrogens is 3. The zero-order valence-electron chi connectivity index (χ0n) is 16.8. The van der Waals surface area contributed by atoms with E-state index in [1.807, 2.05) is 43.3 Å². The minimum Gasteiger partial charge on any atom is -0.397 e. The van der Waals surface area contributed by atoms with Crippen LogP contribution in [0.25, 0.3) is 10.6 Å². The number of nitrogen functional groups attached to an aromatic ring is 2. The molecule has 0 spiro atoms. The van der Waals surface area contributed by atoms with Gasteiger partial charge in [-0.05, 0) is 36.8 Å². The van der Waals surface area contributed by atoms with Gasteiger partial charge in [0.1, 0.15) is 0 Å². The molecule has 9 heteroatoms. The molecule has 2 heterocycles. The second kappa shape index (κ2) is 8.80. The van der Waals surface area contributed by atoms with Gasteiger partial charge >= 0.3 is 0 Å². The third-order valence-electron chi connectivity index (χ3n) is 4.61. The van der Waals surface area contributed by atoms with Gasteiger partial charge in [0.25, 0.3) is 5.91 Å². The molecular weight excluding hydrogens is 410 g/mol. The first-order chi connectivity index (χ1) is 15.0. The number of rotatable bonds is 6. The number of hydrogen-bond donors (Lipinski definition) is 4. The molecule has 0 bridgehead atoms. The monoisotopic (exact) mass is 431 g/mol. The highest BCUT2D eigenvalue weighted by molar-refractivity contribution is 7.18. The molecule has 0 saturated heterocycles. The number of para-hydroxylation sites is 2. The molecule has 0 fully saturated rings. The number of nitrogens with one attached hydrogen (secondary N) is 2. The van der Waals surface area contributed by atoms with Crippen LogP contribution in [0.2, 0.25) is 0 Å². The van der Waals surface area contributed by atoms with E-state index in [0.29, 0.717) is 34.6 Å². The Labute approximate surface area is 183 Å². The Morgan fingerprint density at radius 3 is 2.58 bits per heavy atom. The highest BCUT2D eigenvalue weighted by atomic mass is 32.1. The van der Waals surface area contributed by atoms with Crippen molar-refractivity contribution in [1.29, 1.82) is 0 Å². The van der Waals surface area contributed by atoms with Gasteiger partial charge in [0, 0.05) is 18.3 Å². The molecule has 0 aliphatic carbocycles. The van der Waals surface area contributed by atoms with Crippen molar-refractivity contribution >= 4 is 39.7 Å². The van der Waals surface area contributed by atoms with Gasteiger partial charge in [-0.25, -0.2) is 15.0 Å². The van der Waals surface area contributed by atoms with E-state index < -0.39 is 0 Å². The predicted octanol–water partition coefficient (Wildman–Crippen LogP) is 3.94. The molecule has 4 rings (SSSR count). The van der Waals surface area contributed by atoms with Gasteiger partial charge in [-0.2, -0.15) is 0 Å². The van der Waals surface area contributed by atoms with Crippen molar-refractivity contribution in [2.45, 2.75) is 13.5 Å². The Hall–Kier alpha value is -3.98. The highest BCUT2D eigenvalue weighted by Crippen LogP contribution is 2.30. The summed E-state index contributed by atoms with van der Waals surface area (Å²) in [6, 6.07) is 16.3. The van der Waals surface area contributed by atoms with E-state index in [0.717, 1.165) is 21.8 Å². The molecule has 2 aromatic carbocycles. The standard InChI is InChI=1S/C22H21N7OS/c1-13-19(31-21(24)27-13)18-10-11-25-22(29-18)26-12-14-6-2-3-7-15(14)20(30)28-17-9-5-4-8-16(17)23/h2-11H,12,23H2,1H3,(H2,24,27)(H,28,30)(H,25,26,29). The number of carbonyl (C=O) groups excluding carboxylic acids is 1. The highest BCUT2D eigenvalue weighted by Gasteiger charge is 2.14. The van der Waals surface area contributed by atoms with Crippen LogP contribution in [-0.4, -0.2) is 20.9 Å². The third-order valence-corrected chi connectivity index (χ3v) is 5.62. The van der Waals surface area contributed by atoms with Crippen LogP contribution in [-0.2, 0) is 6.54 Å². The first kappa shape index (κ1) is 20.3. The Balaban J connectivity index is 1.51. The summed E-state index contributed by atoms with van der Waals surface area (Å²) in [6.45, 7) is 2.27. The van der Waals surface area contributed by atoms with Gasteiger partial charge in [-0.3, -0.25) is 4.79 Å². The van der Waals surface area contributed by atoms with Crippen molar-refractivity contribution in [2.75, 3.05) is 22.1 Å². The summed E-state index contributed by atoms with van der Waals surface area (Å²) in [6.07, 6.45) is 1.68. The van der Waals surface area contributed by atoms with Crippen molar-refractivity contribution in [3.63, 3.8) is 0 Å². The molecule has 0 unspecified atom stereocenters. The van der Waals surface area contributed by atoms with Gasteiger partial charge in [0.2, 0.25) is 5.95 Å². The molecule has 1 amide bonds. The molecule has 156 valence electrons. The maximum absolute atomic E-state index is 12.8. The van der Waals surface area contributed by atoms with Gasteiger partial charge in [0.05, 0.1) is 27.6 Å². The molecule has 31 heavy (non-hydrogen) atoms. The van der Waals surface area contributed by atoms with Crippen LogP contribution >= 0.6 is 11.3 Å². The predicted molar refractivity (Wildman–Crippen MR) is 125 cm³/mol. The number of anilines is 4. The van der Waals surface area contributed by atoms with E-state index in [1.165, 1.54) is 11.3 Å². The normalized spacial score (nSPS) is 10.6. The summed E-state index contributed by atoms with van der Waals surface area (Å²) >= 11 is 1.38. The fourth-order valence-corrected chi connectivity index (χ4v) is 3.90. The zero-order valence-corrected chi connectivity index (χ0v) is 17.6. The minimum absolute atomic E-state index is 0.235. The molecule has 0 aliphatic rings. The Kier molecular flexibility index (Phi) is 5.76. The quantitative estimate of drug-likeness (QED) is 0.340. The topological polar surface area (TPSA) is 132 Å². The number of benzene rings is 2. The van der Waals surface area contributed by atoms with E-state index in [4.69, 9.17) is 11.5 Å². The van der Waals surface area contributed by atoms with Crippen molar-refractivity contribution < 1.29 is 4.79 Å². The smallest absolute Gasteiger partial charge is 0.256 e. The summed E-state index contributed by atoms with van der Waals surface area (Å²) in [4.78, 5) is 26.8. The summed E-state index contributed by atoms with van der Waals surface area (Å²) in [5.41, 5.74) is 15.7. The first-order valence-corrected chi connectivity index (χ1v) is 10.4. The van der Waals surface area contributed by atoms with Crippen LogP contribution in [0.15, 0.2) is 60.8 Å². The number of aryl methyl sites for hydroxylation is 1. The number of carbonyl (C=O) groups is 1. The van der Waals surface area contributed by atoms with Crippen LogP contribution in [0, 0.1) is 6.92 Å². The average Bonchev–Trinajstić information content (AvgIpc) is 3.12. The number of amides is 1. The molecule has 0 aliphatic heterocycles. The molecule has 6 N–H and O–H groups in total. The number of nitrogens with two attached hydrogens (primary N) is 2. The Morgan fingerprint density at radius 1 is 1.03 bits per heavy atom. The van der Waals surface area contributed by atoms with Gasteiger partial charge in [-0.15, -0.1) is 0 Å². The number of nitrogens with zero attached hydrogens (tertiary/aromatic N) is 3. The molecule has 0 atom stereocenters. The molecule has 8 nitrogen and oxygen atoms in total. The van der Waals surface area contributed by atoms with Crippen LogP contribution in [0.4, 0.5) is 22.5 Å². The summed E-state index contributed by atoms with van der Waals surface area (Å²) < 4.78 is 0. The Bertz CT molecular complexity index is 1240. The van der Waals surface area contributed by atoms with Gasteiger partial charge in [-0.1, -0.05) is 41.7 Å². The average molecular weight is 432 g/mol. The summed E-state index contributed by atoms with van der Waals surface area (Å²) in [7, 11) is 0. The lowest BCUT2D eigenvalue weighted by Crippen LogP contribution is -2.16. The largest absolute Gasteiger partial charge is 0.397 e. The first-order valence-electron chi connectivity index (χ1n) is 9.55. The van der Waals surface area contributed by atoms with Crippen LogP contribution in [0.1, 0.15) is 21.6 Å². The van der Waals surface area contributed by atoms with E-state index in [9.17, 15) is 4.79 Å². The van der Waals surface area contributed by atoms with Crippen molar-refractivity contribution in [3.05, 3.63) is 77.6 Å². The summed E-state index contributed by atoms with van der Waals surface area (Å²) in [5.74, 6) is 0.215. The lowest BCUT2D eigenvalue weighted by Gasteiger charge is -2.12. The van der Waals surface area contributed by atoms with E-state index in [2.05, 4.69) is 25.6 Å². The van der Waals surface area contributed by atoms with E-state index in [1.54, 1.807) is 24.4 Å². The van der Waals surface area contributed by atoms with Crippen LogP contribution < -0.4 is 22.1 Å². The van der Waals surface area contributed by atoms with Crippen LogP contribution in [0.5, 0.6) is 0 Å². The Morgan fingerprint density at radius 2 is 1.81 bits per heavy atom. The molecule has 0 radical (unpaired) electrons. The van der Waals surface area contributed by atoms with Gasteiger partial charge < -0.3 is 22.1 Å². The van der Waals surface area contributed by atoms with E-state index >= 15 is 0 Å². The second-order valence-electron chi connectivity index (χ2n) is 6.78. The lowest BCUT2D eigenvalue weighted by atomic mass is 10.1. The lowest BCUT2D eigenvalue weighted by molar-refractivity contribution is 0.102. The van der Waals surface area contributed by atoms with Crippen molar-refractivity contribution in [3.8, 4) is 10.6 Å². The zero-order chi connectivity index (χ0) is 21.8. The molecule has 0 saturated carbocycles. The van der Waals surface area contributed by atoms with E-state index in [-0.39, 0.29) is 5.91 Å². The SMILES string of the molecule is Cc1nc(N)sc1-c1ccnc(NCc2ccccc2C(=O)Nc2ccccc2N)n1. The van der Waals surface area contributed by atoms with Crippen LogP contribution in [0.3, 0.4) is 0 Å². The fraction of sp³-hybridized carbons (Fsp3) is 0.0909. The molecular formula is C22H21N7OS. The number of hydrogen-bond acceptors (Lipinski definition) is 8. The summed E-state index contributed by atoms with van der Waals surface area (Å²) in [5, 5.41) is 6.56. The van der Waals surface area contributed by atoms with Gasteiger partial charge in [0.15, 0.2) is 5.13 Å². The van der Waals surface area contributed by atoms with Crippen molar-refractivity contribution in [2.24, 2.45) is 0 Å². The maximum Gasteiger partial charge on any atom is 0.256 e.